The van der Waals surface area contributed by atoms with Gasteiger partial charge in [-0.15, -0.1) is 0 Å². The highest BCUT2D eigenvalue weighted by Crippen LogP contribution is 2.30. The van der Waals surface area contributed by atoms with Crippen molar-refractivity contribution in [2.24, 2.45) is 5.41 Å². The first-order valence-corrected chi connectivity index (χ1v) is 13.8. The van der Waals surface area contributed by atoms with Gasteiger partial charge in [0.2, 0.25) is 5.91 Å². The summed E-state index contributed by atoms with van der Waals surface area (Å²) in [6, 6.07) is 11.1. The Bertz CT molecular complexity index is 1420. The van der Waals surface area contributed by atoms with E-state index >= 15 is 0 Å². The lowest BCUT2D eigenvalue weighted by molar-refractivity contribution is -0.137. The molecule has 0 spiro atoms. The second-order valence-electron chi connectivity index (χ2n) is 11.4. The van der Waals surface area contributed by atoms with Crippen LogP contribution in [0.15, 0.2) is 67.3 Å². The average Bonchev–Trinajstić information content (AvgIpc) is 2.96. The van der Waals surface area contributed by atoms with E-state index in [0.717, 1.165) is 5.69 Å². The third-order valence-corrected chi connectivity index (χ3v) is 6.81. The number of aromatic nitrogens is 2. The van der Waals surface area contributed by atoms with Crippen molar-refractivity contribution in [2.75, 3.05) is 36.4 Å². The van der Waals surface area contributed by atoms with Gasteiger partial charge in [0.05, 0.1) is 29.4 Å². The van der Waals surface area contributed by atoms with Gasteiger partial charge in [-0.05, 0) is 47.4 Å². The van der Waals surface area contributed by atoms with Crippen molar-refractivity contribution >= 4 is 35.1 Å². The maximum absolute atomic E-state index is 13.3. The molecule has 3 N–H and O–H groups in total. The number of nitrogens with zero attached hydrogens (tertiary/aromatic N) is 4. The molecule has 0 aliphatic carbocycles. The number of carboxylic acid groups (broad SMARTS) is 1. The summed E-state index contributed by atoms with van der Waals surface area (Å²) in [4.78, 5) is 62.6. The van der Waals surface area contributed by atoms with Crippen molar-refractivity contribution < 1.29 is 24.3 Å². The van der Waals surface area contributed by atoms with E-state index in [0.29, 0.717) is 43.0 Å². The van der Waals surface area contributed by atoms with Crippen LogP contribution in [-0.4, -0.2) is 69.8 Å². The number of hydrogen-bond donors (Lipinski definition) is 3. The monoisotopic (exact) mass is 572 g/mol. The zero-order valence-electron chi connectivity index (χ0n) is 24.0. The highest BCUT2D eigenvalue weighted by atomic mass is 16.4. The molecule has 1 unspecified atom stereocenters. The zero-order chi connectivity index (χ0) is 30.3. The molecule has 4 rings (SSSR count). The first-order chi connectivity index (χ1) is 20.0. The minimum Gasteiger partial charge on any atom is -0.481 e. The van der Waals surface area contributed by atoms with Crippen molar-refractivity contribution in [1.29, 1.82) is 0 Å². The molecule has 0 saturated carbocycles. The molecule has 42 heavy (non-hydrogen) atoms. The van der Waals surface area contributed by atoms with Gasteiger partial charge in [-0.2, -0.15) is 0 Å². The molecule has 0 radical (unpaired) electrons. The Labute approximate surface area is 245 Å². The maximum Gasteiger partial charge on any atom is 0.305 e. The molecule has 3 amide bonds. The van der Waals surface area contributed by atoms with Crippen LogP contribution in [0, 0.1) is 5.41 Å². The lowest BCUT2D eigenvalue weighted by atomic mass is 9.92. The van der Waals surface area contributed by atoms with E-state index in [4.69, 9.17) is 0 Å². The topological polar surface area (TPSA) is 145 Å². The Morgan fingerprint density at radius 1 is 0.929 bits per heavy atom. The molecule has 1 aliphatic rings. The number of aliphatic carboxylic acids is 1. The molecule has 3 aromatic rings. The number of carbonyl (C=O) groups excluding carboxylic acids is 3. The van der Waals surface area contributed by atoms with Crippen LogP contribution in [0.1, 0.15) is 65.9 Å². The maximum atomic E-state index is 13.3. The van der Waals surface area contributed by atoms with Crippen LogP contribution in [-0.2, 0) is 9.59 Å². The lowest BCUT2D eigenvalue weighted by Crippen LogP contribution is -2.49. The number of pyridine rings is 2. The standard InChI is InChI=1S/C31H36N6O5/c1-31(2,3)18-27(38)34-25-16-21(29(41)35-24(17-28(39)40)22-6-4-10-32-19-22)8-9-26(25)36-12-14-37(15-13-36)30(42)23-7-5-11-33-20-23/h4-11,16,19-20,24H,12-15,17-18H2,1-3H3,(H,34,38)(H,35,41)(H,39,40). The summed E-state index contributed by atoms with van der Waals surface area (Å²) in [6.45, 7) is 7.92. The fourth-order valence-corrected chi connectivity index (χ4v) is 4.80. The van der Waals surface area contributed by atoms with Crippen molar-refractivity contribution in [3.63, 3.8) is 0 Å². The zero-order valence-corrected chi connectivity index (χ0v) is 24.0. The van der Waals surface area contributed by atoms with Crippen LogP contribution >= 0.6 is 0 Å². The van der Waals surface area contributed by atoms with E-state index in [1.54, 1.807) is 66.0 Å². The Morgan fingerprint density at radius 3 is 2.21 bits per heavy atom. The molecule has 11 heteroatoms. The van der Waals surface area contributed by atoms with Gasteiger partial charge in [-0.25, -0.2) is 0 Å². The lowest BCUT2D eigenvalue weighted by Gasteiger charge is -2.37. The smallest absolute Gasteiger partial charge is 0.305 e. The number of nitrogens with one attached hydrogen (secondary N) is 2. The SMILES string of the molecule is CC(C)(C)CC(=O)Nc1cc(C(=O)NC(CC(=O)O)c2cccnc2)ccc1N1CCN(C(=O)c2cccnc2)CC1. The fourth-order valence-electron chi connectivity index (χ4n) is 4.80. The van der Waals surface area contributed by atoms with Crippen LogP contribution in [0.25, 0.3) is 0 Å². The van der Waals surface area contributed by atoms with Crippen LogP contribution in [0.2, 0.25) is 0 Å². The molecule has 1 atom stereocenters. The molecular formula is C31H36N6O5. The fraction of sp³-hybridized carbons (Fsp3) is 0.355. The van der Waals surface area contributed by atoms with E-state index in [-0.39, 0.29) is 35.6 Å². The van der Waals surface area contributed by atoms with Gasteiger partial charge in [-0.3, -0.25) is 29.1 Å². The third kappa shape index (κ3) is 8.12. The quantitative estimate of drug-likeness (QED) is 0.352. The number of benzene rings is 1. The highest BCUT2D eigenvalue weighted by molar-refractivity contribution is 6.00. The van der Waals surface area contributed by atoms with E-state index in [2.05, 4.69) is 25.5 Å². The Morgan fingerprint density at radius 2 is 1.62 bits per heavy atom. The Hall–Kier alpha value is -4.80. The predicted molar refractivity (Wildman–Crippen MR) is 158 cm³/mol. The van der Waals surface area contributed by atoms with Gasteiger partial charge in [0.1, 0.15) is 0 Å². The van der Waals surface area contributed by atoms with E-state index in [1.807, 2.05) is 20.8 Å². The largest absolute Gasteiger partial charge is 0.481 e. The molecule has 220 valence electrons. The molecule has 1 fully saturated rings. The number of rotatable bonds is 9. The van der Waals surface area contributed by atoms with E-state index < -0.39 is 17.9 Å². The second-order valence-corrected chi connectivity index (χ2v) is 11.4. The van der Waals surface area contributed by atoms with Gasteiger partial charge >= 0.3 is 5.97 Å². The van der Waals surface area contributed by atoms with Crippen LogP contribution in [0.4, 0.5) is 11.4 Å². The summed E-state index contributed by atoms with van der Waals surface area (Å²) in [5.74, 6) is -1.81. The van der Waals surface area contributed by atoms with Crippen LogP contribution in [0.3, 0.4) is 0 Å². The summed E-state index contributed by atoms with van der Waals surface area (Å²) < 4.78 is 0. The normalized spacial score (nSPS) is 14.2. The first kappa shape index (κ1) is 30.2. The number of carboxylic acids is 1. The van der Waals surface area contributed by atoms with Gasteiger partial charge in [0.15, 0.2) is 0 Å². The third-order valence-electron chi connectivity index (χ3n) is 6.81. The number of hydrogen-bond acceptors (Lipinski definition) is 7. The molecule has 1 aromatic carbocycles. The number of carbonyl (C=O) groups is 4. The van der Waals surface area contributed by atoms with E-state index in [1.165, 1.54) is 6.20 Å². The van der Waals surface area contributed by atoms with Crippen molar-refractivity contribution in [2.45, 2.75) is 39.7 Å². The molecule has 2 aromatic heterocycles. The predicted octanol–water partition coefficient (Wildman–Crippen LogP) is 3.76. The second kappa shape index (κ2) is 13.2. The average molecular weight is 573 g/mol. The van der Waals surface area contributed by atoms with Crippen molar-refractivity contribution in [3.8, 4) is 0 Å². The van der Waals surface area contributed by atoms with Crippen molar-refractivity contribution in [1.82, 2.24) is 20.2 Å². The van der Waals surface area contributed by atoms with Crippen LogP contribution in [0.5, 0.6) is 0 Å². The Balaban J connectivity index is 1.55. The molecule has 1 saturated heterocycles. The number of piperazine rings is 1. The number of anilines is 2. The van der Waals surface area contributed by atoms with Gasteiger partial charge in [0.25, 0.3) is 11.8 Å². The summed E-state index contributed by atoms with van der Waals surface area (Å²) in [5, 5.41) is 15.2. The van der Waals surface area contributed by atoms with E-state index in [9.17, 15) is 24.3 Å². The summed E-state index contributed by atoms with van der Waals surface area (Å²) in [5.41, 5.74) is 2.34. The molecule has 0 bridgehead atoms. The van der Waals surface area contributed by atoms with Crippen molar-refractivity contribution in [3.05, 3.63) is 83.9 Å². The molecule has 11 nitrogen and oxygen atoms in total. The Kier molecular flexibility index (Phi) is 9.51. The molecule has 1 aliphatic heterocycles. The van der Waals surface area contributed by atoms with Gasteiger partial charge in [-0.1, -0.05) is 26.8 Å². The first-order valence-electron chi connectivity index (χ1n) is 13.8. The van der Waals surface area contributed by atoms with Gasteiger partial charge < -0.3 is 25.5 Å². The summed E-state index contributed by atoms with van der Waals surface area (Å²) in [6.07, 6.45) is 6.23. The van der Waals surface area contributed by atoms with Gasteiger partial charge in [0, 0.05) is 63.0 Å². The molecular weight excluding hydrogens is 536 g/mol. The number of amides is 3. The summed E-state index contributed by atoms with van der Waals surface area (Å²) >= 11 is 0. The van der Waals surface area contributed by atoms with Crippen LogP contribution < -0.4 is 15.5 Å². The minimum atomic E-state index is -1.06. The highest BCUT2D eigenvalue weighted by Gasteiger charge is 2.26. The minimum absolute atomic E-state index is 0.0852. The molecule has 3 heterocycles. The summed E-state index contributed by atoms with van der Waals surface area (Å²) in [7, 11) is 0.